The van der Waals surface area contributed by atoms with Crippen molar-refractivity contribution in [2.24, 2.45) is 0 Å². The van der Waals surface area contributed by atoms with Crippen molar-refractivity contribution in [3.05, 3.63) is 41.8 Å². The second-order valence-electron chi connectivity index (χ2n) is 7.32. The van der Waals surface area contributed by atoms with E-state index in [1.54, 1.807) is 23.1 Å². The molecule has 3 heterocycles. The van der Waals surface area contributed by atoms with E-state index in [1.165, 1.54) is 23.5 Å². The molecule has 162 valence electrons. The SMILES string of the molecule is COc1ccc(S(=O)(=O)N2CCCCC2c2cc(C(=O)N3CCOCC3)no2)cc1. The number of nitrogens with zero attached hydrogens (tertiary/aromatic N) is 3. The standard InChI is InChI=1S/C20H25N3O6S/c1-27-15-5-7-16(8-6-15)30(25,26)23-9-3-2-4-18(23)19-14-17(21-29-19)20(24)22-10-12-28-13-11-22/h5-8,14,18H,2-4,9-13H2,1H3. The van der Waals surface area contributed by atoms with Gasteiger partial charge in [-0.2, -0.15) is 4.31 Å². The number of morpholine rings is 1. The molecule has 1 aromatic carbocycles. The summed E-state index contributed by atoms with van der Waals surface area (Å²) in [5.41, 5.74) is 0.194. The topological polar surface area (TPSA) is 102 Å². The van der Waals surface area contributed by atoms with Crippen molar-refractivity contribution in [2.45, 2.75) is 30.2 Å². The maximum absolute atomic E-state index is 13.3. The zero-order valence-corrected chi connectivity index (χ0v) is 17.6. The lowest BCUT2D eigenvalue weighted by molar-refractivity contribution is 0.0296. The van der Waals surface area contributed by atoms with Crippen molar-refractivity contribution >= 4 is 15.9 Å². The first-order chi connectivity index (χ1) is 14.5. The normalized spacial score (nSPS) is 20.8. The first-order valence-electron chi connectivity index (χ1n) is 10.0. The fourth-order valence-electron chi connectivity index (χ4n) is 3.84. The minimum Gasteiger partial charge on any atom is -0.497 e. The fraction of sp³-hybridized carbons (Fsp3) is 0.500. The van der Waals surface area contributed by atoms with Gasteiger partial charge < -0.3 is 18.9 Å². The first-order valence-corrected chi connectivity index (χ1v) is 11.4. The predicted molar refractivity (Wildman–Crippen MR) is 107 cm³/mol. The summed E-state index contributed by atoms with van der Waals surface area (Å²) < 4.78 is 43.9. The summed E-state index contributed by atoms with van der Waals surface area (Å²) in [6.45, 7) is 2.37. The lowest BCUT2D eigenvalue weighted by atomic mass is 10.0. The molecule has 2 aliphatic heterocycles. The number of sulfonamides is 1. The average molecular weight is 436 g/mol. The molecule has 10 heteroatoms. The second kappa shape index (κ2) is 8.75. The minimum absolute atomic E-state index is 0.194. The average Bonchev–Trinajstić information content (AvgIpc) is 3.29. The summed E-state index contributed by atoms with van der Waals surface area (Å²) in [6.07, 6.45) is 2.24. The Morgan fingerprint density at radius 3 is 2.57 bits per heavy atom. The van der Waals surface area contributed by atoms with Gasteiger partial charge in [0, 0.05) is 25.7 Å². The van der Waals surface area contributed by atoms with Crippen molar-refractivity contribution in [1.29, 1.82) is 0 Å². The van der Waals surface area contributed by atoms with Gasteiger partial charge in [0.1, 0.15) is 5.75 Å². The number of carbonyl (C=O) groups is 1. The van der Waals surface area contributed by atoms with Crippen LogP contribution in [-0.2, 0) is 14.8 Å². The first kappa shape index (κ1) is 20.8. The molecule has 0 saturated carbocycles. The van der Waals surface area contributed by atoms with Crippen LogP contribution in [0.25, 0.3) is 0 Å². The number of hydrogen-bond acceptors (Lipinski definition) is 7. The number of amides is 1. The number of piperidine rings is 1. The highest BCUT2D eigenvalue weighted by Gasteiger charge is 2.37. The highest BCUT2D eigenvalue weighted by molar-refractivity contribution is 7.89. The van der Waals surface area contributed by atoms with E-state index in [0.717, 1.165) is 12.8 Å². The van der Waals surface area contributed by atoms with Gasteiger partial charge in [0.25, 0.3) is 5.91 Å². The zero-order chi connectivity index (χ0) is 21.1. The van der Waals surface area contributed by atoms with E-state index in [0.29, 0.717) is 50.8 Å². The van der Waals surface area contributed by atoms with Crippen LogP contribution in [-0.4, -0.2) is 68.6 Å². The van der Waals surface area contributed by atoms with E-state index in [2.05, 4.69) is 5.16 Å². The Morgan fingerprint density at radius 2 is 1.87 bits per heavy atom. The number of aromatic nitrogens is 1. The second-order valence-corrected chi connectivity index (χ2v) is 9.21. The quantitative estimate of drug-likeness (QED) is 0.708. The summed E-state index contributed by atoms with van der Waals surface area (Å²) in [5.74, 6) is 0.753. The molecular weight excluding hydrogens is 410 g/mol. The molecule has 1 aromatic heterocycles. The molecule has 0 N–H and O–H groups in total. The van der Waals surface area contributed by atoms with Gasteiger partial charge in [0.05, 0.1) is 31.3 Å². The number of benzene rings is 1. The lowest BCUT2D eigenvalue weighted by Gasteiger charge is -2.33. The van der Waals surface area contributed by atoms with Crippen molar-refractivity contribution in [2.75, 3.05) is 40.0 Å². The molecule has 2 aliphatic rings. The number of ether oxygens (including phenoxy) is 2. The molecule has 2 fully saturated rings. The summed E-state index contributed by atoms with van der Waals surface area (Å²) in [4.78, 5) is 14.5. The Labute approximate surface area is 175 Å². The zero-order valence-electron chi connectivity index (χ0n) is 16.8. The van der Waals surface area contributed by atoms with Crippen LogP contribution < -0.4 is 4.74 Å². The Kier molecular flexibility index (Phi) is 6.07. The highest BCUT2D eigenvalue weighted by Crippen LogP contribution is 2.36. The maximum atomic E-state index is 13.3. The third-order valence-electron chi connectivity index (χ3n) is 5.49. The van der Waals surface area contributed by atoms with E-state index in [9.17, 15) is 13.2 Å². The molecule has 0 spiro atoms. The molecule has 0 radical (unpaired) electrons. The molecular formula is C20H25N3O6S. The van der Waals surface area contributed by atoms with Crippen LogP contribution in [0.1, 0.15) is 41.6 Å². The molecule has 4 rings (SSSR count). The van der Waals surface area contributed by atoms with E-state index in [1.807, 2.05) is 0 Å². The number of carbonyl (C=O) groups excluding carboxylic acids is 1. The van der Waals surface area contributed by atoms with Gasteiger partial charge in [-0.1, -0.05) is 11.6 Å². The van der Waals surface area contributed by atoms with Crippen molar-refractivity contribution in [3.8, 4) is 5.75 Å². The Hall–Kier alpha value is -2.43. The van der Waals surface area contributed by atoms with E-state index >= 15 is 0 Å². The van der Waals surface area contributed by atoms with E-state index in [-0.39, 0.29) is 16.5 Å². The summed E-state index contributed by atoms with van der Waals surface area (Å²) in [6, 6.07) is 7.40. The fourth-order valence-corrected chi connectivity index (χ4v) is 5.50. The van der Waals surface area contributed by atoms with E-state index < -0.39 is 16.1 Å². The maximum Gasteiger partial charge on any atom is 0.276 e. The predicted octanol–water partition coefficient (Wildman–Crippen LogP) is 2.07. The molecule has 30 heavy (non-hydrogen) atoms. The van der Waals surface area contributed by atoms with Gasteiger partial charge in [-0.3, -0.25) is 4.79 Å². The third kappa shape index (κ3) is 4.07. The number of hydrogen-bond donors (Lipinski definition) is 0. The molecule has 1 atom stereocenters. The Morgan fingerprint density at radius 1 is 1.13 bits per heavy atom. The largest absolute Gasteiger partial charge is 0.497 e. The van der Waals surface area contributed by atoms with Crippen molar-refractivity contribution < 1.29 is 27.2 Å². The summed E-state index contributed by atoms with van der Waals surface area (Å²) in [5, 5.41) is 3.93. The van der Waals surface area contributed by atoms with Gasteiger partial charge in [-0.25, -0.2) is 8.42 Å². The van der Waals surface area contributed by atoms with Crippen LogP contribution in [0.3, 0.4) is 0 Å². The van der Waals surface area contributed by atoms with Gasteiger partial charge in [-0.15, -0.1) is 0 Å². The molecule has 1 unspecified atom stereocenters. The van der Waals surface area contributed by atoms with Gasteiger partial charge >= 0.3 is 0 Å². The molecule has 2 saturated heterocycles. The Balaban J connectivity index is 1.58. The number of methoxy groups -OCH3 is 1. The van der Waals surface area contributed by atoms with Crippen LogP contribution in [0.2, 0.25) is 0 Å². The Bertz CT molecular complexity index is 982. The van der Waals surface area contributed by atoms with Crippen LogP contribution >= 0.6 is 0 Å². The van der Waals surface area contributed by atoms with Crippen LogP contribution in [0.5, 0.6) is 5.75 Å². The molecule has 1 amide bonds. The monoisotopic (exact) mass is 435 g/mol. The van der Waals surface area contributed by atoms with Crippen LogP contribution in [0.4, 0.5) is 0 Å². The molecule has 9 nitrogen and oxygen atoms in total. The van der Waals surface area contributed by atoms with Gasteiger partial charge in [0.15, 0.2) is 11.5 Å². The van der Waals surface area contributed by atoms with Gasteiger partial charge in [0.2, 0.25) is 10.0 Å². The highest BCUT2D eigenvalue weighted by atomic mass is 32.2. The molecule has 0 bridgehead atoms. The minimum atomic E-state index is -3.74. The van der Waals surface area contributed by atoms with Gasteiger partial charge in [-0.05, 0) is 37.1 Å². The number of rotatable bonds is 5. The van der Waals surface area contributed by atoms with Crippen molar-refractivity contribution in [3.63, 3.8) is 0 Å². The third-order valence-corrected chi connectivity index (χ3v) is 7.42. The molecule has 0 aliphatic carbocycles. The van der Waals surface area contributed by atoms with E-state index in [4.69, 9.17) is 14.0 Å². The summed E-state index contributed by atoms with van der Waals surface area (Å²) >= 11 is 0. The van der Waals surface area contributed by atoms with Crippen LogP contribution in [0.15, 0.2) is 39.8 Å². The summed E-state index contributed by atoms with van der Waals surface area (Å²) in [7, 11) is -2.21. The van der Waals surface area contributed by atoms with Crippen molar-refractivity contribution in [1.82, 2.24) is 14.4 Å². The smallest absolute Gasteiger partial charge is 0.276 e. The lowest BCUT2D eigenvalue weighted by Crippen LogP contribution is -2.40. The molecule has 2 aromatic rings. The van der Waals surface area contributed by atoms with Crippen LogP contribution in [0, 0.1) is 0 Å².